The van der Waals surface area contributed by atoms with E-state index in [4.69, 9.17) is 5.73 Å². The van der Waals surface area contributed by atoms with Crippen LogP contribution in [0.3, 0.4) is 0 Å². The molecule has 0 aromatic rings. The maximum atomic E-state index is 10.6. The molecular formula is C17H32N2O. The molecule has 0 amide bonds. The predicted molar refractivity (Wildman–Crippen MR) is 82.5 cm³/mol. The van der Waals surface area contributed by atoms with Gasteiger partial charge in [0.15, 0.2) is 0 Å². The van der Waals surface area contributed by atoms with E-state index in [1.807, 2.05) is 0 Å². The summed E-state index contributed by atoms with van der Waals surface area (Å²) >= 11 is 0. The Morgan fingerprint density at radius 2 is 1.85 bits per heavy atom. The lowest BCUT2D eigenvalue weighted by Gasteiger charge is -2.45. The molecule has 3 N–H and O–H groups in total. The Hall–Kier alpha value is -0.120. The smallest absolute Gasteiger partial charge is 0.0797 e. The summed E-state index contributed by atoms with van der Waals surface area (Å²) in [6, 6.07) is 0.852. The number of aliphatic hydroxyl groups is 1. The summed E-state index contributed by atoms with van der Waals surface area (Å²) in [6.45, 7) is 2.92. The van der Waals surface area contributed by atoms with Gasteiger partial charge in [-0.15, -0.1) is 0 Å². The van der Waals surface area contributed by atoms with Crippen LogP contribution in [0.2, 0.25) is 0 Å². The maximum absolute atomic E-state index is 10.6. The Bertz CT molecular complexity index is 320. The van der Waals surface area contributed by atoms with Crippen molar-refractivity contribution < 1.29 is 5.11 Å². The first-order chi connectivity index (χ1) is 9.73. The number of nitrogens with two attached hydrogens (primary N) is 1. The average Bonchev–Trinajstić information content (AvgIpc) is 2.87. The minimum Gasteiger partial charge on any atom is -0.388 e. The standard InChI is InChI=1S/C17H32N2O/c18-13-17(20)10-3-7-15(17)9-12-19-11-4-6-14-5-1-2-8-16(14)19/h14-16,20H,1-13,18H2/t14-,15?,16-,17?/m1/s1. The van der Waals surface area contributed by atoms with E-state index in [0.717, 1.165) is 31.2 Å². The fourth-order valence-electron chi connectivity index (χ4n) is 5.14. The highest BCUT2D eigenvalue weighted by atomic mass is 16.3. The third-order valence-corrected chi connectivity index (χ3v) is 6.40. The quantitative estimate of drug-likeness (QED) is 0.832. The highest BCUT2D eigenvalue weighted by molar-refractivity contribution is 4.94. The monoisotopic (exact) mass is 280 g/mol. The summed E-state index contributed by atoms with van der Waals surface area (Å²) in [4.78, 5) is 2.75. The lowest BCUT2D eigenvalue weighted by atomic mass is 9.78. The summed E-state index contributed by atoms with van der Waals surface area (Å²) in [7, 11) is 0. The molecule has 2 aliphatic carbocycles. The molecule has 20 heavy (non-hydrogen) atoms. The third-order valence-electron chi connectivity index (χ3n) is 6.40. The van der Waals surface area contributed by atoms with Gasteiger partial charge in [-0.25, -0.2) is 0 Å². The Morgan fingerprint density at radius 1 is 1.05 bits per heavy atom. The fourth-order valence-corrected chi connectivity index (χ4v) is 5.14. The third kappa shape index (κ3) is 2.90. The van der Waals surface area contributed by atoms with Crippen LogP contribution in [0, 0.1) is 11.8 Å². The summed E-state index contributed by atoms with van der Waals surface area (Å²) in [5.74, 6) is 1.41. The van der Waals surface area contributed by atoms with Crippen LogP contribution in [0.4, 0.5) is 0 Å². The van der Waals surface area contributed by atoms with Crippen molar-refractivity contribution in [3.63, 3.8) is 0 Å². The number of piperidine rings is 1. The van der Waals surface area contributed by atoms with Crippen LogP contribution in [0.15, 0.2) is 0 Å². The zero-order valence-corrected chi connectivity index (χ0v) is 12.9. The molecule has 3 fully saturated rings. The molecule has 3 rings (SSSR count). The number of hydrogen-bond acceptors (Lipinski definition) is 3. The van der Waals surface area contributed by atoms with E-state index in [1.54, 1.807) is 0 Å². The Kier molecular flexibility index (Phi) is 4.68. The predicted octanol–water partition coefficient (Wildman–Crippen LogP) is 2.52. The molecule has 1 saturated heterocycles. The van der Waals surface area contributed by atoms with Crippen LogP contribution < -0.4 is 5.73 Å². The van der Waals surface area contributed by atoms with Gasteiger partial charge in [-0.05, 0) is 69.9 Å². The molecule has 2 saturated carbocycles. The van der Waals surface area contributed by atoms with E-state index in [1.165, 1.54) is 58.0 Å². The number of hydrogen-bond donors (Lipinski definition) is 2. The van der Waals surface area contributed by atoms with Crippen LogP contribution >= 0.6 is 0 Å². The van der Waals surface area contributed by atoms with Crippen molar-refractivity contribution in [3.8, 4) is 0 Å². The number of nitrogens with zero attached hydrogens (tertiary/aromatic N) is 1. The Morgan fingerprint density at radius 3 is 2.70 bits per heavy atom. The second-order valence-corrected chi connectivity index (χ2v) is 7.48. The van der Waals surface area contributed by atoms with Crippen molar-refractivity contribution in [1.82, 2.24) is 4.90 Å². The second kappa shape index (κ2) is 6.33. The summed E-state index contributed by atoms with van der Waals surface area (Å²) in [5.41, 5.74) is 5.26. The number of fused-ring (bicyclic) bond motifs is 1. The molecule has 0 radical (unpaired) electrons. The van der Waals surface area contributed by atoms with Gasteiger partial charge in [-0.3, -0.25) is 0 Å². The molecule has 0 bridgehead atoms. The molecule has 0 aromatic heterocycles. The summed E-state index contributed by atoms with van der Waals surface area (Å²) in [6.07, 6.45) is 13.0. The molecular weight excluding hydrogens is 248 g/mol. The minimum atomic E-state index is -0.554. The van der Waals surface area contributed by atoms with Gasteiger partial charge in [0.05, 0.1) is 5.60 Å². The van der Waals surface area contributed by atoms with Crippen molar-refractivity contribution in [2.24, 2.45) is 17.6 Å². The minimum absolute atomic E-state index is 0.441. The second-order valence-electron chi connectivity index (χ2n) is 7.48. The van der Waals surface area contributed by atoms with Crippen molar-refractivity contribution in [2.45, 2.75) is 75.9 Å². The number of rotatable bonds is 4. The van der Waals surface area contributed by atoms with Crippen molar-refractivity contribution in [3.05, 3.63) is 0 Å². The normalized spacial score (nSPS) is 42.6. The van der Waals surface area contributed by atoms with E-state index >= 15 is 0 Å². The molecule has 116 valence electrons. The lowest BCUT2D eigenvalue weighted by molar-refractivity contribution is -0.00439. The SMILES string of the molecule is NCC1(O)CCCC1CCN1CCC[C@H]2CCCC[C@H]21. The molecule has 1 aliphatic heterocycles. The van der Waals surface area contributed by atoms with Gasteiger partial charge in [0.1, 0.15) is 0 Å². The van der Waals surface area contributed by atoms with Gasteiger partial charge in [0.2, 0.25) is 0 Å². The molecule has 4 atom stereocenters. The van der Waals surface area contributed by atoms with Crippen molar-refractivity contribution >= 4 is 0 Å². The van der Waals surface area contributed by atoms with Crippen LogP contribution in [0.5, 0.6) is 0 Å². The molecule has 1 heterocycles. The van der Waals surface area contributed by atoms with E-state index in [2.05, 4.69) is 4.90 Å². The molecule has 3 aliphatic rings. The highest BCUT2D eigenvalue weighted by Gasteiger charge is 2.40. The average molecular weight is 280 g/mol. The van der Waals surface area contributed by atoms with Crippen LogP contribution in [-0.2, 0) is 0 Å². The van der Waals surface area contributed by atoms with Gasteiger partial charge in [0, 0.05) is 12.6 Å². The summed E-state index contributed by atoms with van der Waals surface area (Å²) < 4.78 is 0. The first kappa shape index (κ1) is 14.8. The van der Waals surface area contributed by atoms with Crippen molar-refractivity contribution in [2.75, 3.05) is 19.6 Å². The molecule has 3 nitrogen and oxygen atoms in total. The highest BCUT2D eigenvalue weighted by Crippen LogP contribution is 2.39. The van der Waals surface area contributed by atoms with Gasteiger partial charge < -0.3 is 15.7 Å². The first-order valence-electron chi connectivity index (χ1n) is 8.89. The van der Waals surface area contributed by atoms with Gasteiger partial charge in [-0.2, -0.15) is 0 Å². The van der Waals surface area contributed by atoms with Gasteiger partial charge >= 0.3 is 0 Å². The molecule has 0 spiro atoms. The zero-order valence-electron chi connectivity index (χ0n) is 12.9. The van der Waals surface area contributed by atoms with Crippen molar-refractivity contribution in [1.29, 1.82) is 0 Å². The Balaban J connectivity index is 1.54. The van der Waals surface area contributed by atoms with Gasteiger partial charge in [0.25, 0.3) is 0 Å². The topological polar surface area (TPSA) is 49.5 Å². The zero-order chi connectivity index (χ0) is 14.0. The maximum Gasteiger partial charge on any atom is 0.0797 e. The van der Waals surface area contributed by atoms with Crippen LogP contribution in [0.25, 0.3) is 0 Å². The lowest BCUT2D eigenvalue weighted by Crippen LogP contribution is -2.48. The van der Waals surface area contributed by atoms with E-state index in [9.17, 15) is 5.11 Å². The largest absolute Gasteiger partial charge is 0.388 e. The summed E-state index contributed by atoms with van der Waals surface area (Å²) in [5, 5.41) is 10.6. The van der Waals surface area contributed by atoms with E-state index in [0.29, 0.717) is 12.5 Å². The van der Waals surface area contributed by atoms with Gasteiger partial charge in [-0.1, -0.05) is 19.3 Å². The fraction of sp³-hybridized carbons (Fsp3) is 1.00. The first-order valence-corrected chi connectivity index (χ1v) is 8.89. The van der Waals surface area contributed by atoms with E-state index in [-0.39, 0.29) is 0 Å². The van der Waals surface area contributed by atoms with Crippen LogP contribution in [0.1, 0.15) is 64.2 Å². The molecule has 0 aromatic carbocycles. The van der Waals surface area contributed by atoms with Crippen LogP contribution in [-0.4, -0.2) is 41.3 Å². The molecule has 2 unspecified atom stereocenters. The Labute approximate surface area is 123 Å². The van der Waals surface area contributed by atoms with E-state index < -0.39 is 5.60 Å². The number of likely N-dealkylation sites (tertiary alicyclic amines) is 1. The molecule has 3 heteroatoms.